The van der Waals surface area contributed by atoms with E-state index in [1.165, 1.54) is 24.1 Å². The first-order valence-corrected chi connectivity index (χ1v) is 6.45. The second-order valence-electron chi connectivity index (χ2n) is 4.76. The minimum Gasteiger partial charge on any atom is -0.478 e. The van der Waals surface area contributed by atoms with Crippen molar-refractivity contribution in [3.8, 4) is 0 Å². The molecule has 0 saturated heterocycles. The molecule has 0 aromatic carbocycles. The summed E-state index contributed by atoms with van der Waals surface area (Å²) >= 11 is 0. The zero-order valence-corrected chi connectivity index (χ0v) is 12.5. The van der Waals surface area contributed by atoms with Crippen LogP contribution in [0.4, 0.5) is 0 Å². The Morgan fingerprint density at radius 1 is 1.36 bits per heavy atom. The van der Waals surface area contributed by atoms with Crippen LogP contribution in [-0.2, 0) is 17.9 Å². The number of hydrogen-bond donors (Lipinski definition) is 1. The summed E-state index contributed by atoms with van der Waals surface area (Å²) in [6.07, 6.45) is 0. The third-order valence-electron chi connectivity index (χ3n) is 3.00. The largest absolute Gasteiger partial charge is 0.478 e. The lowest BCUT2D eigenvalue weighted by Gasteiger charge is -2.13. The lowest BCUT2D eigenvalue weighted by atomic mass is 10.2. The first kappa shape index (κ1) is 15.8. The first-order valence-electron chi connectivity index (χ1n) is 6.45. The summed E-state index contributed by atoms with van der Waals surface area (Å²) in [5.74, 6) is -0.306. The molecule has 1 amide bonds. The molecule has 2 heterocycles. The molecule has 1 N–H and O–H groups in total. The standard InChI is InChI=1S/C14H16N2O6/c1-8-11(14(18)19)4-9(21-8)6-16(2)13(17)12-5-10(7-20-3)22-15-12/h4-5H,6-7H2,1-3H3,(H,18,19). The monoisotopic (exact) mass is 308 g/mol. The van der Waals surface area contributed by atoms with Crippen molar-refractivity contribution >= 4 is 11.9 Å². The van der Waals surface area contributed by atoms with Gasteiger partial charge in [-0.3, -0.25) is 4.79 Å². The zero-order chi connectivity index (χ0) is 16.3. The molecule has 0 bridgehead atoms. The summed E-state index contributed by atoms with van der Waals surface area (Å²) in [7, 11) is 3.07. The van der Waals surface area contributed by atoms with Gasteiger partial charge in [-0.1, -0.05) is 5.16 Å². The van der Waals surface area contributed by atoms with Crippen molar-refractivity contribution in [1.82, 2.24) is 10.1 Å². The van der Waals surface area contributed by atoms with Gasteiger partial charge in [0.2, 0.25) is 0 Å². The number of carbonyl (C=O) groups excluding carboxylic acids is 1. The van der Waals surface area contributed by atoms with Gasteiger partial charge in [0.15, 0.2) is 11.5 Å². The van der Waals surface area contributed by atoms with E-state index in [0.29, 0.717) is 17.3 Å². The Labute approximate surface area is 126 Å². The number of amides is 1. The third kappa shape index (κ3) is 3.34. The molecular weight excluding hydrogens is 292 g/mol. The molecule has 0 aliphatic rings. The highest BCUT2D eigenvalue weighted by molar-refractivity contribution is 5.92. The molecule has 0 aliphatic heterocycles. The number of ether oxygens (including phenoxy) is 1. The molecule has 22 heavy (non-hydrogen) atoms. The van der Waals surface area contributed by atoms with Gasteiger partial charge in [-0.25, -0.2) is 4.79 Å². The van der Waals surface area contributed by atoms with E-state index in [2.05, 4.69) is 5.16 Å². The topological polar surface area (TPSA) is 106 Å². The van der Waals surface area contributed by atoms with Crippen LogP contribution in [0.3, 0.4) is 0 Å². The van der Waals surface area contributed by atoms with E-state index in [0.717, 1.165) is 0 Å². The van der Waals surface area contributed by atoms with Crippen molar-refractivity contribution < 1.29 is 28.4 Å². The van der Waals surface area contributed by atoms with Gasteiger partial charge in [0.25, 0.3) is 5.91 Å². The van der Waals surface area contributed by atoms with Gasteiger partial charge < -0.3 is 23.7 Å². The number of nitrogens with zero attached hydrogens (tertiary/aromatic N) is 2. The molecule has 118 valence electrons. The van der Waals surface area contributed by atoms with E-state index in [1.807, 2.05) is 0 Å². The summed E-state index contributed by atoms with van der Waals surface area (Å²) in [6, 6.07) is 2.90. The molecule has 0 unspecified atom stereocenters. The highest BCUT2D eigenvalue weighted by Gasteiger charge is 2.20. The number of carboxylic acid groups (broad SMARTS) is 1. The predicted octanol–water partition coefficient (Wildman–Crippen LogP) is 1.69. The Hall–Kier alpha value is -2.61. The van der Waals surface area contributed by atoms with Crippen molar-refractivity contribution in [2.75, 3.05) is 14.2 Å². The molecule has 8 heteroatoms. The normalized spacial score (nSPS) is 10.7. The van der Waals surface area contributed by atoms with Crippen LogP contribution in [0.5, 0.6) is 0 Å². The maximum Gasteiger partial charge on any atom is 0.339 e. The maximum atomic E-state index is 12.2. The first-order chi connectivity index (χ1) is 10.4. The molecule has 2 aromatic heterocycles. The maximum absolute atomic E-state index is 12.2. The molecule has 0 fully saturated rings. The quantitative estimate of drug-likeness (QED) is 0.865. The molecular formula is C14H16N2O6. The Balaban J connectivity index is 2.07. The van der Waals surface area contributed by atoms with Gasteiger partial charge in [0.05, 0.1) is 6.54 Å². The summed E-state index contributed by atoms with van der Waals surface area (Å²) < 4.78 is 15.2. The Morgan fingerprint density at radius 2 is 2.09 bits per heavy atom. The molecule has 0 spiro atoms. The molecule has 2 rings (SSSR count). The molecule has 8 nitrogen and oxygen atoms in total. The molecule has 0 saturated carbocycles. The third-order valence-corrected chi connectivity index (χ3v) is 3.00. The Bertz CT molecular complexity index is 687. The van der Waals surface area contributed by atoms with Crippen molar-refractivity contribution in [2.24, 2.45) is 0 Å². The SMILES string of the molecule is COCc1cc(C(=O)N(C)Cc2cc(C(=O)O)c(C)o2)no1. The van der Waals surface area contributed by atoms with E-state index in [4.69, 9.17) is 18.8 Å². The van der Waals surface area contributed by atoms with Gasteiger partial charge in [-0.2, -0.15) is 0 Å². The predicted molar refractivity (Wildman–Crippen MR) is 73.4 cm³/mol. The second-order valence-corrected chi connectivity index (χ2v) is 4.76. The van der Waals surface area contributed by atoms with Gasteiger partial charge in [-0.05, 0) is 13.0 Å². The van der Waals surface area contributed by atoms with Gasteiger partial charge in [0.1, 0.15) is 23.7 Å². The van der Waals surface area contributed by atoms with E-state index >= 15 is 0 Å². The van der Waals surface area contributed by atoms with Gasteiger partial charge >= 0.3 is 5.97 Å². The average molecular weight is 308 g/mol. The lowest BCUT2D eigenvalue weighted by Crippen LogP contribution is -2.26. The van der Waals surface area contributed by atoms with Gasteiger partial charge in [0, 0.05) is 20.2 Å². The number of hydrogen-bond acceptors (Lipinski definition) is 6. The van der Waals surface area contributed by atoms with Crippen molar-refractivity contribution in [3.05, 3.63) is 40.7 Å². The fourth-order valence-corrected chi connectivity index (χ4v) is 1.96. The zero-order valence-electron chi connectivity index (χ0n) is 12.5. The van der Waals surface area contributed by atoms with E-state index in [9.17, 15) is 9.59 Å². The number of carbonyl (C=O) groups is 2. The second kappa shape index (κ2) is 6.44. The number of aromatic nitrogens is 1. The van der Waals surface area contributed by atoms with Gasteiger partial charge in [-0.15, -0.1) is 0 Å². The van der Waals surface area contributed by atoms with Crippen LogP contribution in [0.15, 0.2) is 21.1 Å². The highest BCUT2D eigenvalue weighted by atomic mass is 16.5. The summed E-state index contributed by atoms with van der Waals surface area (Å²) in [6.45, 7) is 1.91. The fourth-order valence-electron chi connectivity index (χ4n) is 1.96. The molecule has 2 aromatic rings. The highest BCUT2D eigenvalue weighted by Crippen LogP contribution is 2.17. The minimum absolute atomic E-state index is 0.0830. The van der Waals surface area contributed by atoms with E-state index in [-0.39, 0.29) is 30.3 Å². The van der Waals surface area contributed by atoms with Crippen LogP contribution in [0.25, 0.3) is 0 Å². The fraction of sp³-hybridized carbons (Fsp3) is 0.357. The Morgan fingerprint density at radius 3 is 2.68 bits per heavy atom. The summed E-state index contributed by atoms with van der Waals surface area (Å²) in [4.78, 5) is 24.5. The van der Waals surface area contributed by atoms with Crippen LogP contribution in [0, 0.1) is 6.92 Å². The van der Waals surface area contributed by atoms with Crippen LogP contribution in [0.2, 0.25) is 0 Å². The molecule has 0 aliphatic carbocycles. The summed E-state index contributed by atoms with van der Waals surface area (Å²) in [5.41, 5.74) is 0.232. The van der Waals surface area contributed by atoms with Crippen LogP contribution < -0.4 is 0 Å². The number of aromatic carboxylic acids is 1. The number of rotatable bonds is 6. The number of furan rings is 1. The van der Waals surface area contributed by atoms with E-state index < -0.39 is 5.97 Å². The number of aryl methyl sites for hydroxylation is 1. The molecule has 0 atom stereocenters. The average Bonchev–Trinajstić information content (AvgIpc) is 3.05. The van der Waals surface area contributed by atoms with Crippen LogP contribution in [0.1, 0.15) is 38.1 Å². The van der Waals surface area contributed by atoms with Crippen molar-refractivity contribution in [3.63, 3.8) is 0 Å². The van der Waals surface area contributed by atoms with Crippen LogP contribution >= 0.6 is 0 Å². The smallest absolute Gasteiger partial charge is 0.339 e. The lowest BCUT2D eigenvalue weighted by molar-refractivity contribution is 0.0694. The summed E-state index contributed by atoms with van der Waals surface area (Å²) in [5, 5.41) is 12.7. The number of methoxy groups -OCH3 is 1. The Kier molecular flexibility index (Phi) is 4.62. The molecule has 0 radical (unpaired) electrons. The van der Waals surface area contributed by atoms with E-state index in [1.54, 1.807) is 14.0 Å². The van der Waals surface area contributed by atoms with Crippen molar-refractivity contribution in [2.45, 2.75) is 20.1 Å². The number of carboxylic acids is 1. The van der Waals surface area contributed by atoms with Crippen LogP contribution in [-0.4, -0.2) is 41.2 Å². The van der Waals surface area contributed by atoms with Crippen molar-refractivity contribution in [1.29, 1.82) is 0 Å². The minimum atomic E-state index is -1.07.